The van der Waals surface area contributed by atoms with Crippen molar-refractivity contribution in [3.05, 3.63) is 24.0 Å². The minimum atomic E-state index is -0.348. The molecule has 2 saturated heterocycles. The molecular formula is C16H21FN2O3. The van der Waals surface area contributed by atoms with E-state index in [0.29, 0.717) is 45.0 Å². The van der Waals surface area contributed by atoms with Gasteiger partial charge in [0.1, 0.15) is 5.82 Å². The smallest absolute Gasteiger partial charge is 0.227 e. The molecule has 0 radical (unpaired) electrons. The number of halogens is 1. The second kappa shape index (κ2) is 7.07. The van der Waals surface area contributed by atoms with E-state index < -0.39 is 0 Å². The van der Waals surface area contributed by atoms with E-state index >= 15 is 0 Å². The fourth-order valence-electron chi connectivity index (χ4n) is 2.88. The van der Waals surface area contributed by atoms with E-state index in [1.165, 1.54) is 12.1 Å². The van der Waals surface area contributed by atoms with E-state index in [1.54, 1.807) is 6.07 Å². The minimum absolute atomic E-state index is 0.0524. The van der Waals surface area contributed by atoms with E-state index in [2.05, 4.69) is 10.2 Å². The molecule has 0 saturated carbocycles. The molecule has 2 aliphatic rings. The molecule has 1 amide bonds. The minimum Gasteiger partial charge on any atom is -0.381 e. The zero-order valence-electron chi connectivity index (χ0n) is 12.5. The van der Waals surface area contributed by atoms with Crippen LogP contribution in [0.25, 0.3) is 0 Å². The number of nitrogens with one attached hydrogen (secondary N) is 1. The number of carbonyl (C=O) groups excluding carboxylic acids is 1. The molecule has 2 heterocycles. The highest BCUT2D eigenvalue weighted by Crippen LogP contribution is 2.29. The number of rotatable bonds is 3. The molecule has 1 N–H and O–H groups in total. The van der Waals surface area contributed by atoms with Crippen molar-refractivity contribution in [2.45, 2.75) is 12.8 Å². The Labute approximate surface area is 129 Å². The zero-order chi connectivity index (χ0) is 15.4. The largest absolute Gasteiger partial charge is 0.381 e. The lowest BCUT2D eigenvalue weighted by atomic mass is 9.99. The lowest BCUT2D eigenvalue weighted by molar-refractivity contribution is -0.122. The number of hydrogen-bond acceptors (Lipinski definition) is 4. The molecule has 0 unspecified atom stereocenters. The molecule has 120 valence electrons. The van der Waals surface area contributed by atoms with Crippen LogP contribution in [0.15, 0.2) is 18.2 Å². The summed E-state index contributed by atoms with van der Waals surface area (Å²) >= 11 is 0. The molecule has 0 bridgehead atoms. The number of amides is 1. The van der Waals surface area contributed by atoms with Crippen LogP contribution >= 0.6 is 0 Å². The Hall–Kier alpha value is -1.66. The third kappa shape index (κ3) is 3.56. The summed E-state index contributed by atoms with van der Waals surface area (Å²) in [5.74, 6) is -0.461. The number of benzene rings is 1. The molecule has 0 aromatic heterocycles. The summed E-state index contributed by atoms with van der Waals surface area (Å²) < 4.78 is 24.2. The van der Waals surface area contributed by atoms with Gasteiger partial charge in [0.15, 0.2) is 0 Å². The predicted molar refractivity (Wildman–Crippen MR) is 81.6 cm³/mol. The maximum absolute atomic E-state index is 13.6. The Morgan fingerprint density at radius 2 is 1.82 bits per heavy atom. The van der Waals surface area contributed by atoms with Crippen molar-refractivity contribution in [2.24, 2.45) is 5.92 Å². The SMILES string of the molecule is O=C(Nc1cc(F)ccc1N1CCOCC1)C1CCOCC1. The molecule has 2 fully saturated rings. The van der Waals surface area contributed by atoms with Crippen LogP contribution in [0.2, 0.25) is 0 Å². The van der Waals surface area contributed by atoms with Gasteiger partial charge in [0, 0.05) is 32.2 Å². The summed E-state index contributed by atoms with van der Waals surface area (Å²) in [5, 5.41) is 2.90. The van der Waals surface area contributed by atoms with Crippen LogP contribution in [-0.4, -0.2) is 45.4 Å². The second-order valence-corrected chi connectivity index (χ2v) is 5.64. The summed E-state index contributed by atoms with van der Waals surface area (Å²) in [5.41, 5.74) is 1.39. The highest BCUT2D eigenvalue weighted by molar-refractivity contribution is 5.95. The first-order valence-corrected chi connectivity index (χ1v) is 7.75. The van der Waals surface area contributed by atoms with E-state index in [9.17, 15) is 9.18 Å². The Kier molecular flexibility index (Phi) is 4.90. The number of anilines is 2. The number of nitrogens with zero attached hydrogens (tertiary/aromatic N) is 1. The molecule has 0 atom stereocenters. The van der Waals surface area contributed by atoms with Crippen molar-refractivity contribution in [1.29, 1.82) is 0 Å². The van der Waals surface area contributed by atoms with Crippen LogP contribution in [0, 0.1) is 11.7 Å². The molecule has 2 aliphatic heterocycles. The second-order valence-electron chi connectivity index (χ2n) is 5.64. The predicted octanol–water partition coefficient (Wildman–Crippen LogP) is 2.03. The molecule has 22 heavy (non-hydrogen) atoms. The first-order chi connectivity index (χ1) is 10.7. The molecule has 1 aromatic carbocycles. The third-order valence-corrected chi connectivity index (χ3v) is 4.16. The van der Waals surface area contributed by atoms with Gasteiger partial charge in [-0.2, -0.15) is 0 Å². The summed E-state index contributed by atoms with van der Waals surface area (Å²) in [4.78, 5) is 14.5. The molecule has 6 heteroatoms. The van der Waals surface area contributed by atoms with Gasteiger partial charge in [-0.3, -0.25) is 4.79 Å². The lowest BCUT2D eigenvalue weighted by Gasteiger charge is -2.31. The Morgan fingerprint density at radius 3 is 2.55 bits per heavy atom. The van der Waals surface area contributed by atoms with Crippen LogP contribution in [0.5, 0.6) is 0 Å². The van der Waals surface area contributed by atoms with E-state index in [1.807, 2.05) is 0 Å². The maximum Gasteiger partial charge on any atom is 0.227 e. The van der Waals surface area contributed by atoms with Gasteiger partial charge in [-0.25, -0.2) is 4.39 Å². The van der Waals surface area contributed by atoms with Crippen LogP contribution in [0.4, 0.5) is 15.8 Å². The van der Waals surface area contributed by atoms with Crippen molar-refractivity contribution in [3.8, 4) is 0 Å². The van der Waals surface area contributed by atoms with E-state index in [0.717, 1.165) is 18.8 Å². The summed E-state index contributed by atoms with van der Waals surface area (Å²) in [6.45, 7) is 3.99. The van der Waals surface area contributed by atoms with Crippen molar-refractivity contribution >= 4 is 17.3 Å². The quantitative estimate of drug-likeness (QED) is 0.928. The average molecular weight is 308 g/mol. The molecule has 5 nitrogen and oxygen atoms in total. The lowest BCUT2D eigenvalue weighted by Crippen LogP contribution is -2.37. The van der Waals surface area contributed by atoms with Gasteiger partial charge >= 0.3 is 0 Å². The summed E-state index contributed by atoms with van der Waals surface area (Å²) in [7, 11) is 0. The normalized spacial score (nSPS) is 20.0. The first-order valence-electron chi connectivity index (χ1n) is 7.75. The summed E-state index contributed by atoms with van der Waals surface area (Å²) in [6.07, 6.45) is 1.43. The topological polar surface area (TPSA) is 50.8 Å². The molecule has 0 aliphatic carbocycles. The van der Waals surface area contributed by atoms with Gasteiger partial charge in [-0.15, -0.1) is 0 Å². The number of ether oxygens (including phenoxy) is 2. The third-order valence-electron chi connectivity index (χ3n) is 4.16. The van der Waals surface area contributed by atoms with E-state index in [4.69, 9.17) is 9.47 Å². The number of carbonyl (C=O) groups is 1. The van der Waals surface area contributed by atoms with Gasteiger partial charge in [0.05, 0.1) is 24.6 Å². The van der Waals surface area contributed by atoms with Gasteiger partial charge in [0.2, 0.25) is 5.91 Å². The van der Waals surface area contributed by atoms with Crippen molar-refractivity contribution in [3.63, 3.8) is 0 Å². The van der Waals surface area contributed by atoms with Crippen LogP contribution < -0.4 is 10.2 Å². The maximum atomic E-state index is 13.6. The zero-order valence-corrected chi connectivity index (χ0v) is 12.5. The average Bonchev–Trinajstić information content (AvgIpc) is 2.56. The first kappa shape index (κ1) is 15.2. The van der Waals surface area contributed by atoms with Gasteiger partial charge in [-0.05, 0) is 31.0 Å². The van der Waals surface area contributed by atoms with Crippen molar-refractivity contribution in [2.75, 3.05) is 49.7 Å². The van der Waals surface area contributed by atoms with Crippen LogP contribution in [-0.2, 0) is 14.3 Å². The standard InChI is InChI=1S/C16H21FN2O3/c17-13-1-2-15(19-5-9-22-10-6-19)14(11-13)18-16(20)12-3-7-21-8-4-12/h1-2,11-12H,3-10H2,(H,18,20). The molecule has 3 rings (SSSR count). The molecular weight excluding hydrogens is 287 g/mol. The van der Waals surface area contributed by atoms with Gasteiger partial charge in [0.25, 0.3) is 0 Å². The monoisotopic (exact) mass is 308 g/mol. The summed E-state index contributed by atoms with van der Waals surface area (Å²) in [6, 6.07) is 4.54. The Bertz CT molecular complexity index is 526. The Morgan fingerprint density at radius 1 is 1.14 bits per heavy atom. The molecule has 0 spiro atoms. The van der Waals surface area contributed by atoms with Crippen molar-refractivity contribution in [1.82, 2.24) is 0 Å². The fourth-order valence-corrected chi connectivity index (χ4v) is 2.88. The van der Waals surface area contributed by atoms with E-state index in [-0.39, 0.29) is 17.6 Å². The fraction of sp³-hybridized carbons (Fsp3) is 0.562. The number of hydrogen-bond donors (Lipinski definition) is 1. The van der Waals surface area contributed by atoms with Gasteiger partial charge in [-0.1, -0.05) is 0 Å². The van der Waals surface area contributed by atoms with Crippen LogP contribution in [0.1, 0.15) is 12.8 Å². The van der Waals surface area contributed by atoms with Gasteiger partial charge < -0.3 is 19.7 Å². The highest BCUT2D eigenvalue weighted by atomic mass is 19.1. The molecule has 1 aromatic rings. The Balaban J connectivity index is 1.76. The van der Waals surface area contributed by atoms with Crippen LogP contribution in [0.3, 0.4) is 0 Å². The highest BCUT2D eigenvalue weighted by Gasteiger charge is 2.23. The van der Waals surface area contributed by atoms with Crippen molar-refractivity contribution < 1.29 is 18.7 Å². The number of morpholine rings is 1.